The molecule has 0 fully saturated rings. The fraction of sp³-hybridized carbons (Fsp3) is 0.333. The summed E-state index contributed by atoms with van der Waals surface area (Å²) in [6, 6.07) is 3.17. The molecule has 0 aromatic carbocycles. The molecule has 0 saturated heterocycles. The number of aromatic nitrogens is 1. The van der Waals surface area contributed by atoms with Crippen LogP contribution < -0.4 is 9.88 Å². The minimum absolute atomic E-state index is 0.0591. The second kappa shape index (κ2) is 7.14. The highest BCUT2D eigenvalue weighted by atomic mass is 17.1. The van der Waals surface area contributed by atoms with Crippen LogP contribution in [0.15, 0.2) is 24.5 Å². The Labute approximate surface area is 102 Å². The van der Waals surface area contributed by atoms with E-state index in [4.69, 9.17) is 10.5 Å². The van der Waals surface area contributed by atoms with E-state index in [0.29, 0.717) is 5.56 Å². The standard InChI is InChI=1S/C9H11N3O6/c13-9(10-3-5-17-12(14)15)8-2-1-4-11(6-8)7-18-16/h1-2,4,6H,3,5,7H2,(H-2,10,13,14,15,16)/p+2. The molecule has 0 bridgehead atoms. The van der Waals surface area contributed by atoms with Crippen molar-refractivity contribution in [2.75, 3.05) is 13.2 Å². The van der Waals surface area contributed by atoms with E-state index < -0.39 is 5.09 Å². The summed E-state index contributed by atoms with van der Waals surface area (Å²) in [5.74, 6) is -0.388. The first-order chi connectivity index (χ1) is 8.63. The van der Waals surface area contributed by atoms with E-state index in [1.807, 2.05) is 0 Å². The average Bonchev–Trinajstić information content (AvgIpc) is 2.35. The molecule has 3 N–H and O–H groups in total. The van der Waals surface area contributed by atoms with Gasteiger partial charge in [0.05, 0.1) is 6.54 Å². The van der Waals surface area contributed by atoms with Crippen molar-refractivity contribution in [2.45, 2.75) is 6.73 Å². The van der Waals surface area contributed by atoms with Crippen LogP contribution in [-0.4, -0.2) is 34.6 Å². The van der Waals surface area contributed by atoms with Gasteiger partial charge in [-0.25, -0.2) is 10.5 Å². The Morgan fingerprint density at radius 1 is 1.56 bits per heavy atom. The number of amides is 1. The van der Waals surface area contributed by atoms with E-state index in [0.717, 1.165) is 0 Å². The monoisotopic (exact) mass is 259 g/mol. The Balaban J connectivity index is 2.45. The maximum absolute atomic E-state index is 11.6. The second-order valence-electron chi connectivity index (χ2n) is 3.19. The van der Waals surface area contributed by atoms with Crippen LogP contribution >= 0.6 is 0 Å². The van der Waals surface area contributed by atoms with Crippen LogP contribution in [0.1, 0.15) is 10.4 Å². The van der Waals surface area contributed by atoms with Gasteiger partial charge in [0.25, 0.3) is 12.6 Å². The number of nitrogens with zero attached hydrogens (tertiary/aromatic N) is 2. The summed E-state index contributed by atoms with van der Waals surface area (Å²) in [6.45, 7) is -0.193. The van der Waals surface area contributed by atoms with Gasteiger partial charge in [0.15, 0.2) is 19.0 Å². The molecule has 1 rings (SSSR count). The van der Waals surface area contributed by atoms with Gasteiger partial charge in [0.1, 0.15) is 10.5 Å². The summed E-state index contributed by atoms with van der Waals surface area (Å²) in [5.41, 5.74) is 0.345. The van der Waals surface area contributed by atoms with Gasteiger partial charge in [0.2, 0.25) is 0 Å². The van der Waals surface area contributed by atoms with Crippen molar-refractivity contribution in [3.8, 4) is 0 Å². The molecular weight excluding hydrogens is 246 g/mol. The summed E-state index contributed by atoms with van der Waals surface area (Å²) in [7, 11) is 0. The third-order valence-corrected chi connectivity index (χ3v) is 1.92. The lowest BCUT2D eigenvalue weighted by Crippen LogP contribution is -2.36. The molecule has 0 atom stereocenters. The first-order valence-electron chi connectivity index (χ1n) is 4.96. The molecule has 1 heterocycles. The summed E-state index contributed by atoms with van der Waals surface area (Å²) < 4.78 is 1.46. The van der Waals surface area contributed by atoms with Gasteiger partial charge >= 0.3 is 5.09 Å². The minimum atomic E-state index is -0.679. The van der Waals surface area contributed by atoms with Crippen LogP contribution in [0.3, 0.4) is 0 Å². The van der Waals surface area contributed by atoms with Gasteiger partial charge in [-0.1, -0.05) is 0 Å². The molecule has 0 radical (unpaired) electrons. The van der Waals surface area contributed by atoms with E-state index in [-0.39, 0.29) is 25.8 Å². The molecule has 0 aliphatic carbocycles. The van der Waals surface area contributed by atoms with Crippen molar-refractivity contribution >= 4 is 5.91 Å². The van der Waals surface area contributed by atoms with E-state index in [9.17, 15) is 9.70 Å². The van der Waals surface area contributed by atoms with Crippen molar-refractivity contribution in [2.24, 2.45) is 0 Å². The topological polar surface area (TPSA) is 112 Å². The Bertz CT molecular complexity index is 425. The lowest BCUT2D eigenvalue weighted by molar-refractivity contribution is -0.975. The first-order valence-corrected chi connectivity index (χ1v) is 4.96. The summed E-state index contributed by atoms with van der Waals surface area (Å²) in [4.78, 5) is 29.7. The third kappa shape index (κ3) is 4.72. The van der Waals surface area contributed by atoms with Crippen molar-refractivity contribution in [1.82, 2.24) is 5.32 Å². The van der Waals surface area contributed by atoms with Crippen molar-refractivity contribution < 1.29 is 34.6 Å². The average molecular weight is 259 g/mol. The van der Waals surface area contributed by atoms with E-state index in [2.05, 4.69) is 15.0 Å². The molecule has 9 nitrogen and oxygen atoms in total. The zero-order chi connectivity index (χ0) is 13.4. The molecule has 98 valence electrons. The van der Waals surface area contributed by atoms with Crippen molar-refractivity contribution in [3.63, 3.8) is 0 Å². The number of pyridine rings is 1. The zero-order valence-electron chi connectivity index (χ0n) is 9.35. The Morgan fingerprint density at radius 3 is 3.00 bits per heavy atom. The van der Waals surface area contributed by atoms with Gasteiger partial charge in [-0.15, -0.1) is 0 Å². The van der Waals surface area contributed by atoms with E-state index in [1.54, 1.807) is 18.3 Å². The van der Waals surface area contributed by atoms with Crippen LogP contribution in [0.5, 0.6) is 0 Å². The lowest BCUT2D eigenvalue weighted by atomic mass is 10.2. The summed E-state index contributed by atoms with van der Waals surface area (Å²) in [5, 5.41) is 18.2. The quantitative estimate of drug-likeness (QED) is 0.257. The number of carbonyl (C=O) groups excluding carboxylic acids is 1. The van der Waals surface area contributed by atoms with Crippen LogP contribution in [0.4, 0.5) is 0 Å². The Morgan fingerprint density at radius 2 is 2.33 bits per heavy atom. The third-order valence-electron chi connectivity index (χ3n) is 1.92. The molecule has 0 unspecified atom stereocenters. The van der Waals surface area contributed by atoms with Gasteiger partial charge in [-0.2, -0.15) is 14.3 Å². The van der Waals surface area contributed by atoms with E-state index in [1.165, 1.54) is 10.8 Å². The van der Waals surface area contributed by atoms with Crippen molar-refractivity contribution in [3.05, 3.63) is 35.0 Å². The smallest absolute Gasteiger partial charge is 0.348 e. The number of hydrogen-bond acceptors (Lipinski definition) is 5. The molecular formula is C9H13N3O6+2. The number of nitrogens with one attached hydrogen (secondary N) is 1. The number of hydrogen-bond donors (Lipinski definition) is 3. The van der Waals surface area contributed by atoms with Crippen LogP contribution in [0.2, 0.25) is 0 Å². The molecule has 18 heavy (non-hydrogen) atoms. The summed E-state index contributed by atoms with van der Waals surface area (Å²) in [6.07, 6.45) is 3.08. The van der Waals surface area contributed by atoms with Gasteiger partial charge in [-0.3, -0.25) is 4.79 Å². The minimum Gasteiger partial charge on any atom is -0.348 e. The fourth-order valence-electron chi connectivity index (χ4n) is 1.19. The van der Waals surface area contributed by atoms with E-state index >= 15 is 0 Å². The highest BCUT2D eigenvalue weighted by molar-refractivity contribution is 5.93. The largest absolute Gasteiger partial charge is 0.475 e. The maximum Gasteiger partial charge on any atom is 0.475 e. The predicted octanol–water partition coefficient (Wildman–Crippen LogP) is -0.749. The van der Waals surface area contributed by atoms with Crippen LogP contribution in [-0.2, 0) is 16.5 Å². The molecule has 1 aromatic rings. The van der Waals surface area contributed by atoms with Crippen LogP contribution in [0, 0.1) is 4.91 Å². The normalized spacial score (nSPS) is 9.83. The van der Waals surface area contributed by atoms with Crippen molar-refractivity contribution in [1.29, 1.82) is 0 Å². The Hall–Kier alpha value is -2.26. The molecule has 1 aromatic heterocycles. The highest BCUT2D eigenvalue weighted by Gasteiger charge is 2.11. The number of carbonyl (C=O) groups is 1. The molecule has 0 aliphatic heterocycles. The predicted molar refractivity (Wildman–Crippen MR) is 54.0 cm³/mol. The van der Waals surface area contributed by atoms with Gasteiger partial charge in [0, 0.05) is 6.07 Å². The molecule has 9 heteroatoms. The maximum atomic E-state index is 11.6. The molecule has 0 spiro atoms. The number of rotatable bonds is 7. The van der Waals surface area contributed by atoms with Crippen LogP contribution in [0.25, 0.3) is 0 Å². The Kier molecular flexibility index (Phi) is 5.48. The molecule has 0 saturated carbocycles. The fourth-order valence-corrected chi connectivity index (χ4v) is 1.19. The zero-order valence-corrected chi connectivity index (χ0v) is 9.35. The SMILES string of the molecule is O=C(NCCO[N+](=O)O)c1ccc[n+](COO)c1. The molecule has 1 amide bonds. The second-order valence-corrected chi connectivity index (χ2v) is 3.19. The molecule has 0 aliphatic rings. The lowest BCUT2D eigenvalue weighted by Gasteiger charge is -2.01. The highest BCUT2D eigenvalue weighted by Crippen LogP contribution is 1.94. The first kappa shape index (κ1) is 13.8. The summed E-state index contributed by atoms with van der Waals surface area (Å²) >= 11 is 0. The van der Waals surface area contributed by atoms with Gasteiger partial charge < -0.3 is 5.32 Å². The van der Waals surface area contributed by atoms with Gasteiger partial charge in [-0.05, 0) is 6.07 Å².